The molecule has 124 valence electrons. The van der Waals surface area contributed by atoms with E-state index in [1.807, 2.05) is 38.1 Å². The normalized spacial score (nSPS) is 13.8. The topological polar surface area (TPSA) is 62.2 Å². The number of pyridine rings is 1. The average molecular weight is 314 g/mol. The summed E-state index contributed by atoms with van der Waals surface area (Å²) in [5, 5.41) is 13.3. The quantitative estimate of drug-likeness (QED) is 0.860. The van der Waals surface area contributed by atoms with Crippen LogP contribution in [-0.4, -0.2) is 28.6 Å². The Morgan fingerprint density at radius 1 is 1.30 bits per heavy atom. The second-order valence-electron chi connectivity index (χ2n) is 6.33. The van der Waals surface area contributed by atoms with Gasteiger partial charge in [-0.1, -0.05) is 32.0 Å². The molecule has 0 unspecified atom stereocenters. The van der Waals surface area contributed by atoms with Gasteiger partial charge in [0.25, 0.3) is 5.91 Å². The second kappa shape index (κ2) is 7.55. The summed E-state index contributed by atoms with van der Waals surface area (Å²) in [7, 11) is 0. The maximum Gasteiger partial charge on any atom is 0.252 e. The van der Waals surface area contributed by atoms with Crippen molar-refractivity contribution in [1.82, 2.24) is 10.3 Å². The summed E-state index contributed by atoms with van der Waals surface area (Å²) in [6.45, 7) is 8.37. The van der Waals surface area contributed by atoms with Crippen LogP contribution in [0.3, 0.4) is 0 Å². The Bertz CT molecular complexity index is 695. The van der Waals surface area contributed by atoms with E-state index in [0.29, 0.717) is 13.0 Å². The first-order valence-electron chi connectivity index (χ1n) is 8.28. The van der Waals surface area contributed by atoms with Crippen LogP contribution in [-0.2, 0) is 6.42 Å². The van der Waals surface area contributed by atoms with Crippen LogP contribution in [0, 0.1) is 12.8 Å². The fraction of sp³-hybridized carbons (Fsp3) is 0.474. The third kappa shape index (κ3) is 4.08. The van der Waals surface area contributed by atoms with Crippen molar-refractivity contribution < 1.29 is 9.90 Å². The molecule has 0 spiro atoms. The van der Waals surface area contributed by atoms with Gasteiger partial charge in [-0.2, -0.15) is 0 Å². The van der Waals surface area contributed by atoms with Crippen molar-refractivity contribution in [2.45, 2.75) is 46.6 Å². The monoisotopic (exact) mass is 314 g/mol. The Morgan fingerprint density at radius 2 is 2.00 bits per heavy atom. The molecular weight excluding hydrogens is 288 g/mol. The highest BCUT2D eigenvalue weighted by molar-refractivity contribution is 6.07. The van der Waals surface area contributed by atoms with Crippen LogP contribution in [0.15, 0.2) is 24.3 Å². The molecule has 2 rings (SSSR count). The number of aromatic nitrogens is 1. The summed E-state index contributed by atoms with van der Waals surface area (Å²) in [6.07, 6.45) is 1.13. The standard InChI is InChI=1S/C19H26N2O2/c1-5-16-14(4)18(15-8-6-7-9-17(15)21-16)19(23)20-11-12(2)10-13(3)22/h6-9,12-13,22H,5,10-11H2,1-4H3,(H,20,23)/t12-,13-/m1/s1. The molecule has 2 atom stereocenters. The zero-order valence-electron chi connectivity index (χ0n) is 14.4. The zero-order valence-corrected chi connectivity index (χ0v) is 14.4. The number of nitrogens with one attached hydrogen (secondary N) is 1. The average Bonchev–Trinajstić information content (AvgIpc) is 2.51. The van der Waals surface area contributed by atoms with E-state index in [2.05, 4.69) is 17.2 Å². The third-order valence-corrected chi connectivity index (χ3v) is 4.15. The number of aliphatic hydroxyl groups is 1. The number of aliphatic hydroxyl groups excluding tert-OH is 1. The summed E-state index contributed by atoms with van der Waals surface area (Å²) in [6, 6.07) is 7.77. The van der Waals surface area contributed by atoms with E-state index >= 15 is 0 Å². The van der Waals surface area contributed by atoms with Crippen LogP contribution in [0.1, 0.15) is 48.8 Å². The minimum atomic E-state index is -0.350. The summed E-state index contributed by atoms with van der Waals surface area (Å²) in [4.78, 5) is 17.4. The molecule has 0 saturated heterocycles. The van der Waals surface area contributed by atoms with Gasteiger partial charge in [-0.3, -0.25) is 9.78 Å². The highest BCUT2D eigenvalue weighted by Gasteiger charge is 2.17. The largest absolute Gasteiger partial charge is 0.393 e. The number of carbonyl (C=O) groups is 1. The Morgan fingerprint density at radius 3 is 2.65 bits per heavy atom. The van der Waals surface area contributed by atoms with Gasteiger partial charge in [0.15, 0.2) is 0 Å². The van der Waals surface area contributed by atoms with Gasteiger partial charge in [0, 0.05) is 17.6 Å². The summed E-state index contributed by atoms with van der Waals surface area (Å²) >= 11 is 0. The van der Waals surface area contributed by atoms with E-state index in [-0.39, 0.29) is 17.9 Å². The molecule has 4 nitrogen and oxygen atoms in total. The predicted molar refractivity (Wildman–Crippen MR) is 93.7 cm³/mol. The molecule has 0 aliphatic heterocycles. The van der Waals surface area contributed by atoms with E-state index in [1.165, 1.54) is 0 Å². The Hall–Kier alpha value is -1.94. The molecule has 1 aromatic carbocycles. The van der Waals surface area contributed by atoms with Gasteiger partial charge >= 0.3 is 0 Å². The number of fused-ring (bicyclic) bond motifs is 1. The molecular formula is C19H26N2O2. The first-order chi connectivity index (χ1) is 10.9. The van der Waals surface area contributed by atoms with E-state index in [4.69, 9.17) is 0 Å². The Labute approximate surface area is 137 Å². The highest BCUT2D eigenvalue weighted by Crippen LogP contribution is 2.23. The summed E-state index contributed by atoms with van der Waals surface area (Å²) in [5.41, 5.74) is 3.49. The number of carbonyl (C=O) groups excluding carboxylic acids is 1. The molecule has 0 radical (unpaired) electrons. The van der Waals surface area contributed by atoms with E-state index in [9.17, 15) is 9.90 Å². The fourth-order valence-corrected chi connectivity index (χ4v) is 3.02. The Balaban J connectivity index is 2.30. The maximum atomic E-state index is 12.7. The molecule has 2 N–H and O–H groups in total. The number of hydrogen-bond donors (Lipinski definition) is 2. The maximum absolute atomic E-state index is 12.7. The number of aryl methyl sites for hydroxylation is 1. The molecule has 0 saturated carbocycles. The lowest BCUT2D eigenvalue weighted by molar-refractivity contribution is 0.0940. The molecule has 1 amide bonds. The number of hydrogen-bond acceptors (Lipinski definition) is 3. The van der Waals surface area contributed by atoms with Crippen LogP contribution >= 0.6 is 0 Å². The zero-order chi connectivity index (χ0) is 17.0. The van der Waals surface area contributed by atoms with Gasteiger partial charge in [0.05, 0.1) is 17.2 Å². The van der Waals surface area contributed by atoms with Gasteiger partial charge in [0.2, 0.25) is 0 Å². The van der Waals surface area contributed by atoms with Crippen molar-refractivity contribution in [2.75, 3.05) is 6.54 Å². The number of benzene rings is 1. The lowest BCUT2D eigenvalue weighted by Gasteiger charge is -2.17. The highest BCUT2D eigenvalue weighted by atomic mass is 16.3. The number of rotatable bonds is 6. The minimum Gasteiger partial charge on any atom is -0.393 e. The van der Waals surface area contributed by atoms with Gasteiger partial charge in [-0.25, -0.2) is 0 Å². The Kier molecular flexibility index (Phi) is 5.72. The first kappa shape index (κ1) is 17.4. The van der Waals surface area contributed by atoms with Crippen LogP contribution < -0.4 is 5.32 Å². The first-order valence-corrected chi connectivity index (χ1v) is 8.28. The third-order valence-electron chi connectivity index (χ3n) is 4.15. The molecule has 0 fully saturated rings. The van der Waals surface area contributed by atoms with Crippen LogP contribution in [0.25, 0.3) is 10.9 Å². The summed E-state index contributed by atoms with van der Waals surface area (Å²) in [5.74, 6) is 0.172. The van der Waals surface area contributed by atoms with E-state index < -0.39 is 0 Å². The smallest absolute Gasteiger partial charge is 0.252 e. The number of amides is 1. The van der Waals surface area contributed by atoms with Crippen LogP contribution in [0.4, 0.5) is 0 Å². The van der Waals surface area contributed by atoms with Crippen molar-refractivity contribution in [2.24, 2.45) is 5.92 Å². The lowest BCUT2D eigenvalue weighted by atomic mass is 9.99. The van der Waals surface area contributed by atoms with Crippen LogP contribution in [0.2, 0.25) is 0 Å². The molecule has 2 aromatic rings. The van der Waals surface area contributed by atoms with Crippen LogP contribution in [0.5, 0.6) is 0 Å². The molecule has 23 heavy (non-hydrogen) atoms. The van der Waals surface area contributed by atoms with Gasteiger partial charge in [-0.05, 0) is 44.2 Å². The molecule has 1 aromatic heterocycles. The van der Waals surface area contributed by atoms with Crippen molar-refractivity contribution in [3.05, 3.63) is 41.1 Å². The second-order valence-corrected chi connectivity index (χ2v) is 6.33. The fourth-order valence-electron chi connectivity index (χ4n) is 3.02. The molecule has 0 bridgehead atoms. The molecule has 0 aliphatic rings. The SMILES string of the molecule is CCc1nc2ccccc2c(C(=O)NC[C@H](C)C[C@@H](C)O)c1C. The van der Waals surface area contributed by atoms with Gasteiger partial charge in [-0.15, -0.1) is 0 Å². The predicted octanol–water partition coefficient (Wildman–Crippen LogP) is 3.24. The number of para-hydroxylation sites is 1. The molecule has 4 heteroatoms. The number of nitrogens with zero attached hydrogens (tertiary/aromatic N) is 1. The van der Waals surface area contributed by atoms with Crippen molar-refractivity contribution in [3.63, 3.8) is 0 Å². The van der Waals surface area contributed by atoms with E-state index in [0.717, 1.165) is 34.1 Å². The van der Waals surface area contributed by atoms with Gasteiger partial charge < -0.3 is 10.4 Å². The summed E-state index contributed by atoms with van der Waals surface area (Å²) < 4.78 is 0. The van der Waals surface area contributed by atoms with Crippen molar-refractivity contribution in [3.8, 4) is 0 Å². The lowest BCUT2D eigenvalue weighted by Crippen LogP contribution is -2.30. The van der Waals surface area contributed by atoms with Crippen molar-refractivity contribution >= 4 is 16.8 Å². The van der Waals surface area contributed by atoms with Gasteiger partial charge in [0.1, 0.15) is 0 Å². The van der Waals surface area contributed by atoms with Crippen molar-refractivity contribution in [1.29, 1.82) is 0 Å². The van der Waals surface area contributed by atoms with E-state index in [1.54, 1.807) is 6.92 Å². The molecule has 0 aliphatic carbocycles. The minimum absolute atomic E-state index is 0.0618. The molecule has 1 heterocycles.